The topological polar surface area (TPSA) is 102 Å². The molecule has 2 amide bonds. The predicted molar refractivity (Wildman–Crippen MR) is 107 cm³/mol. The average molecular weight is 417 g/mol. The molecule has 5 rings (SSSR count). The van der Waals surface area contributed by atoms with Crippen LogP contribution >= 0.6 is 0 Å². The van der Waals surface area contributed by atoms with Gasteiger partial charge in [0.15, 0.2) is 4.90 Å². The predicted octanol–water partition coefficient (Wildman–Crippen LogP) is 2.40. The van der Waals surface area contributed by atoms with Gasteiger partial charge in [-0.05, 0) is 60.8 Å². The molecule has 0 saturated heterocycles. The summed E-state index contributed by atoms with van der Waals surface area (Å²) >= 11 is 0. The Morgan fingerprint density at radius 1 is 1.17 bits per heavy atom. The second-order valence-electron chi connectivity index (χ2n) is 8.21. The van der Waals surface area contributed by atoms with E-state index in [9.17, 15) is 13.2 Å². The lowest BCUT2D eigenvalue weighted by atomic mass is 9.99. The van der Waals surface area contributed by atoms with Crippen LogP contribution in [0.25, 0.3) is 0 Å². The van der Waals surface area contributed by atoms with E-state index in [-0.39, 0.29) is 16.7 Å². The minimum absolute atomic E-state index is 0.108. The van der Waals surface area contributed by atoms with Crippen LogP contribution in [0, 0.1) is 5.92 Å². The Morgan fingerprint density at radius 3 is 2.55 bits per heavy atom. The van der Waals surface area contributed by atoms with Gasteiger partial charge in [0.05, 0.1) is 19.3 Å². The molecule has 3 aliphatic rings. The number of sulfonamides is 1. The molecule has 0 fully saturated rings. The number of rotatable bonds is 3. The molecule has 2 aliphatic carbocycles. The van der Waals surface area contributed by atoms with Gasteiger partial charge in [0.1, 0.15) is 0 Å². The van der Waals surface area contributed by atoms with Crippen molar-refractivity contribution in [2.24, 2.45) is 5.92 Å². The van der Waals surface area contributed by atoms with Crippen molar-refractivity contribution >= 4 is 21.7 Å². The molecule has 2 heterocycles. The summed E-state index contributed by atoms with van der Waals surface area (Å²) in [6, 6.07) is 1.52. The zero-order chi connectivity index (χ0) is 20.2. The second kappa shape index (κ2) is 6.76. The van der Waals surface area contributed by atoms with Crippen molar-refractivity contribution in [3.8, 4) is 5.88 Å². The highest BCUT2D eigenvalue weighted by molar-refractivity contribution is 7.90. The van der Waals surface area contributed by atoms with Crippen LogP contribution in [0.2, 0.25) is 0 Å². The van der Waals surface area contributed by atoms with E-state index in [1.54, 1.807) is 0 Å². The maximum Gasteiger partial charge on any atom is 0.333 e. The van der Waals surface area contributed by atoms with Gasteiger partial charge in [0, 0.05) is 11.6 Å². The third-order valence-corrected chi connectivity index (χ3v) is 7.29. The van der Waals surface area contributed by atoms with Crippen molar-refractivity contribution in [1.82, 2.24) is 14.5 Å². The van der Waals surface area contributed by atoms with Gasteiger partial charge >= 0.3 is 6.03 Å². The highest BCUT2D eigenvalue weighted by Crippen LogP contribution is 2.38. The Bertz CT molecular complexity index is 1070. The molecule has 0 saturated carbocycles. The number of benzene rings is 1. The molecular formula is C20H24N4O4S. The van der Waals surface area contributed by atoms with Gasteiger partial charge in [0.2, 0.25) is 5.88 Å². The largest absolute Gasteiger partial charge is 0.477 e. The summed E-state index contributed by atoms with van der Waals surface area (Å²) < 4.78 is 34.8. The molecule has 1 aliphatic heterocycles. The first-order valence-electron chi connectivity index (χ1n) is 10.1. The number of urea groups is 1. The molecule has 1 atom stereocenters. The number of aryl methyl sites for hydroxylation is 2. The van der Waals surface area contributed by atoms with Crippen LogP contribution in [0.4, 0.5) is 10.5 Å². The number of fused-ring (bicyclic) bond motifs is 3. The van der Waals surface area contributed by atoms with E-state index < -0.39 is 16.1 Å². The fourth-order valence-corrected chi connectivity index (χ4v) is 5.65. The van der Waals surface area contributed by atoms with Gasteiger partial charge in [-0.25, -0.2) is 22.6 Å². The number of nitrogens with zero attached hydrogens (tertiary/aromatic N) is 2. The van der Waals surface area contributed by atoms with Crippen molar-refractivity contribution in [3.05, 3.63) is 34.5 Å². The number of ether oxygens (including phenoxy) is 1. The molecule has 8 nitrogen and oxygen atoms in total. The third-order valence-electron chi connectivity index (χ3n) is 5.98. The van der Waals surface area contributed by atoms with E-state index in [1.165, 1.54) is 22.0 Å². The van der Waals surface area contributed by atoms with E-state index >= 15 is 0 Å². The van der Waals surface area contributed by atoms with Gasteiger partial charge in [-0.1, -0.05) is 13.0 Å². The maximum absolute atomic E-state index is 12.8. The molecule has 2 N–H and O–H groups in total. The minimum Gasteiger partial charge on any atom is -0.477 e. The number of amides is 2. The molecule has 1 aromatic carbocycles. The lowest BCUT2D eigenvalue weighted by molar-refractivity contribution is 0.170. The Hall–Kier alpha value is -2.55. The standard InChI is InChI=1S/C20H24N4O4S/c1-12-10-24-19(28-11-12)17(9-21-24)29(26,27)23-20(25)22-18-15-6-2-4-13(15)8-14-5-3-7-16(14)18/h8-9,12H,2-7,10-11H2,1H3,(H2,22,23,25)/t12-/m1/s1. The van der Waals surface area contributed by atoms with Crippen molar-refractivity contribution < 1.29 is 17.9 Å². The lowest BCUT2D eigenvalue weighted by Crippen LogP contribution is -2.35. The molecule has 0 radical (unpaired) electrons. The quantitative estimate of drug-likeness (QED) is 0.800. The SMILES string of the molecule is C[C@H]1COc2c(S(=O)(=O)NC(=O)Nc3c4c(cc5c3CCC5)CCC4)cnn2C1. The summed E-state index contributed by atoms with van der Waals surface area (Å²) in [5.74, 6) is 0.432. The molecule has 154 valence electrons. The number of hydrogen-bond donors (Lipinski definition) is 2. The van der Waals surface area contributed by atoms with E-state index in [2.05, 4.69) is 21.2 Å². The van der Waals surface area contributed by atoms with Gasteiger partial charge in [-0.2, -0.15) is 5.10 Å². The average Bonchev–Trinajstić information content (AvgIpc) is 3.39. The molecule has 0 unspecified atom stereocenters. The first kappa shape index (κ1) is 18.5. The number of carbonyl (C=O) groups is 1. The second-order valence-corrected chi connectivity index (χ2v) is 9.86. The Morgan fingerprint density at radius 2 is 1.86 bits per heavy atom. The van der Waals surface area contributed by atoms with E-state index in [4.69, 9.17) is 4.74 Å². The van der Waals surface area contributed by atoms with Crippen molar-refractivity contribution in [3.63, 3.8) is 0 Å². The smallest absolute Gasteiger partial charge is 0.333 e. The van der Waals surface area contributed by atoms with Crippen LogP contribution in [0.1, 0.15) is 42.0 Å². The molecular weight excluding hydrogens is 392 g/mol. The summed E-state index contributed by atoms with van der Waals surface area (Å²) in [6.45, 7) is 3.00. The fraction of sp³-hybridized carbons (Fsp3) is 0.500. The van der Waals surface area contributed by atoms with Crippen LogP contribution in [-0.4, -0.2) is 30.8 Å². The van der Waals surface area contributed by atoms with E-state index in [0.29, 0.717) is 13.2 Å². The molecule has 0 spiro atoms. The molecule has 2 aromatic rings. The van der Waals surface area contributed by atoms with Crippen molar-refractivity contribution in [2.75, 3.05) is 11.9 Å². The molecule has 1 aromatic heterocycles. The zero-order valence-electron chi connectivity index (χ0n) is 16.3. The highest BCUT2D eigenvalue weighted by Gasteiger charge is 2.31. The maximum atomic E-state index is 12.8. The first-order chi connectivity index (χ1) is 13.9. The summed E-state index contributed by atoms with van der Waals surface area (Å²) in [6.07, 6.45) is 7.20. The molecule has 29 heavy (non-hydrogen) atoms. The number of anilines is 1. The number of hydrogen-bond acceptors (Lipinski definition) is 5. The minimum atomic E-state index is -4.09. The van der Waals surface area contributed by atoms with Crippen molar-refractivity contribution in [2.45, 2.75) is 56.9 Å². The van der Waals surface area contributed by atoms with Crippen LogP contribution in [0.15, 0.2) is 17.2 Å². The molecule has 9 heteroatoms. The van der Waals surface area contributed by atoms with Crippen LogP contribution < -0.4 is 14.8 Å². The van der Waals surface area contributed by atoms with Crippen LogP contribution in [0.5, 0.6) is 5.88 Å². The monoisotopic (exact) mass is 416 g/mol. The van der Waals surface area contributed by atoms with Crippen molar-refractivity contribution in [1.29, 1.82) is 0 Å². The fourth-order valence-electron chi connectivity index (χ4n) is 4.67. The summed E-state index contributed by atoms with van der Waals surface area (Å²) in [5, 5.41) is 6.95. The lowest BCUT2D eigenvalue weighted by Gasteiger charge is -2.21. The van der Waals surface area contributed by atoms with E-state index in [1.807, 2.05) is 6.92 Å². The molecule has 0 bridgehead atoms. The van der Waals surface area contributed by atoms with Gasteiger partial charge in [-0.3, -0.25) is 0 Å². The normalized spacial score (nSPS) is 19.8. The first-order valence-corrected chi connectivity index (χ1v) is 11.6. The highest BCUT2D eigenvalue weighted by atomic mass is 32.2. The van der Waals surface area contributed by atoms with Gasteiger partial charge < -0.3 is 10.1 Å². The third kappa shape index (κ3) is 3.17. The van der Waals surface area contributed by atoms with Crippen LogP contribution in [-0.2, 0) is 42.3 Å². The van der Waals surface area contributed by atoms with Gasteiger partial charge in [0.25, 0.3) is 10.0 Å². The number of aromatic nitrogens is 2. The summed E-state index contributed by atoms with van der Waals surface area (Å²) in [5.41, 5.74) is 5.66. The Balaban J connectivity index is 1.40. The summed E-state index contributed by atoms with van der Waals surface area (Å²) in [4.78, 5) is 12.6. The Labute approximate surface area is 169 Å². The Kier molecular flexibility index (Phi) is 4.31. The van der Waals surface area contributed by atoms with Crippen LogP contribution in [0.3, 0.4) is 0 Å². The van der Waals surface area contributed by atoms with E-state index in [0.717, 1.165) is 55.3 Å². The summed E-state index contributed by atoms with van der Waals surface area (Å²) in [7, 11) is -4.09. The zero-order valence-corrected chi connectivity index (χ0v) is 17.1. The number of carbonyl (C=O) groups excluding carboxylic acids is 1. The van der Waals surface area contributed by atoms with Gasteiger partial charge in [-0.15, -0.1) is 0 Å². The number of nitrogens with one attached hydrogen (secondary N) is 2.